The van der Waals surface area contributed by atoms with Crippen LogP contribution in [-0.4, -0.2) is 28.9 Å². The lowest BCUT2D eigenvalue weighted by Gasteiger charge is -2.16. The number of benzene rings is 3. The molecule has 146 valence electrons. The number of ether oxygens (including phenoxy) is 1. The molecule has 0 saturated carbocycles. The van der Waals surface area contributed by atoms with Crippen LogP contribution in [-0.2, 0) is 4.74 Å². The van der Waals surface area contributed by atoms with Crippen molar-refractivity contribution in [2.75, 3.05) is 11.9 Å². The number of phenols is 1. The molecule has 3 N–H and O–H groups in total. The molecule has 0 fully saturated rings. The molecule has 0 saturated heterocycles. The van der Waals surface area contributed by atoms with E-state index in [0.717, 1.165) is 22.3 Å². The standard InChI is InChI=1S/C23H19NO5/c1-13-10-11-18(22(26)27)21(25)20(13)24-23(28)29-12-19-16-8-4-2-6-14(16)15-7-3-5-9-17(15)19/h2-11,19,25H,12H2,1H3,(H,24,28)(H,26,27). The zero-order valence-corrected chi connectivity index (χ0v) is 15.7. The fraction of sp³-hybridized carbons (Fsp3) is 0.130. The molecule has 0 unspecified atom stereocenters. The predicted octanol–water partition coefficient (Wildman–Crippen LogP) is 4.76. The summed E-state index contributed by atoms with van der Waals surface area (Å²) in [5.41, 5.74) is 4.70. The highest BCUT2D eigenvalue weighted by Crippen LogP contribution is 2.44. The van der Waals surface area contributed by atoms with Crippen LogP contribution in [0.5, 0.6) is 5.75 Å². The van der Waals surface area contributed by atoms with Gasteiger partial charge in [-0.15, -0.1) is 0 Å². The van der Waals surface area contributed by atoms with Crippen LogP contribution in [0, 0.1) is 6.92 Å². The van der Waals surface area contributed by atoms with Crippen molar-refractivity contribution < 1.29 is 24.5 Å². The molecule has 3 aromatic carbocycles. The minimum Gasteiger partial charge on any atom is -0.505 e. The van der Waals surface area contributed by atoms with Gasteiger partial charge in [-0.25, -0.2) is 9.59 Å². The molecule has 1 amide bonds. The Hall–Kier alpha value is -3.80. The van der Waals surface area contributed by atoms with Gasteiger partial charge in [0.05, 0.1) is 5.69 Å². The van der Waals surface area contributed by atoms with Crippen molar-refractivity contribution in [2.45, 2.75) is 12.8 Å². The quantitative estimate of drug-likeness (QED) is 0.559. The first-order valence-electron chi connectivity index (χ1n) is 9.15. The summed E-state index contributed by atoms with van der Waals surface area (Å²) in [7, 11) is 0. The number of carboxylic acid groups (broad SMARTS) is 1. The molecule has 29 heavy (non-hydrogen) atoms. The normalized spacial score (nSPS) is 12.2. The van der Waals surface area contributed by atoms with Gasteiger partial charge in [0, 0.05) is 5.92 Å². The van der Waals surface area contributed by atoms with Crippen molar-refractivity contribution in [3.8, 4) is 16.9 Å². The van der Waals surface area contributed by atoms with E-state index in [0.29, 0.717) is 5.56 Å². The zero-order valence-electron chi connectivity index (χ0n) is 15.7. The van der Waals surface area contributed by atoms with Crippen LogP contribution in [0.3, 0.4) is 0 Å². The first kappa shape index (κ1) is 18.6. The molecule has 6 nitrogen and oxygen atoms in total. The van der Waals surface area contributed by atoms with E-state index in [1.807, 2.05) is 48.5 Å². The summed E-state index contributed by atoms with van der Waals surface area (Å²) in [6.45, 7) is 1.78. The first-order chi connectivity index (χ1) is 14.0. The van der Waals surface area contributed by atoms with Gasteiger partial charge in [0.25, 0.3) is 0 Å². The monoisotopic (exact) mass is 389 g/mol. The van der Waals surface area contributed by atoms with Crippen LogP contribution in [0.1, 0.15) is 33.0 Å². The fourth-order valence-electron chi connectivity index (χ4n) is 3.76. The van der Waals surface area contributed by atoms with E-state index in [1.54, 1.807) is 6.92 Å². The minimum atomic E-state index is -1.28. The van der Waals surface area contributed by atoms with Gasteiger partial charge in [-0.1, -0.05) is 54.6 Å². The Labute approximate surface area is 167 Å². The number of aromatic hydroxyl groups is 1. The van der Waals surface area contributed by atoms with Crippen LogP contribution in [0.4, 0.5) is 10.5 Å². The van der Waals surface area contributed by atoms with Crippen molar-refractivity contribution >= 4 is 17.7 Å². The number of hydrogen-bond donors (Lipinski definition) is 3. The molecule has 6 heteroatoms. The van der Waals surface area contributed by atoms with Crippen molar-refractivity contribution in [1.29, 1.82) is 0 Å². The maximum Gasteiger partial charge on any atom is 0.411 e. The van der Waals surface area contributed by atoms with Crippen molar-refractivity contribution in [3.05, 3.63) is 82.9 Å². The van der Waals surface area contributed by atoms with Gasteiger partial charge in [-0.3, -0.25) is 5.32 Å². The third kappa shape index (κ3) is 3.29. The molecule has 3 aromatic rings. The van der Waals surface area contributed by atoms with Crippen molar-refractivity contribution in [1.82, 2.24) is 0 Å². The molecule has 0 aromatic heterocycles. The van der Waals surface area contributed by atoms with E-state index in [-0.39, 0.29) is 23.8 Å². The molecule has 0 radical (unpaired) electrons. The number of aryl methyl sites for hydroxylation is 1. The summed E-state index contributed by atoms with van der Waals surface area (Å²) < 4.78 is 5.45. The molecule has 0 spiro atoms. The Morgan fingerprint density at radius 3 is 2.14 bits per heavy atom. The number of fused-ring (bicyclic) bond motifs is 3. The summed E-state index contributed by atoms with van der Waals surface area (Å²) in [4.78, 5) is 23.6. The summed E-state index contributed by atoms with van der Waals surface area (Å²) >= 11 is 0. The molecule has 1 aliphatic rings. The maximum atomic E-state index is 12.4. The second-order valence-corrected chi connectivity index (χ2v) is 6.91. The van der Waals surface area contributed by atoms with Gasteiger partial charge in [0.2, 0.25) is 0 Å². The van der Waals surface area contributed by atoms with Crippen LogP contribution in [0.2, 0.25) is 0 Å². The van der Waals surface area contributed by atoms with E-state index in [1.165, 1.54) is 12.1 Å². The highest BCUT2D eigenvalue weighted by Gasteiger charge is 2.29. The smallest absolute Gasteiger partial charge is 0.411 e. The minimum absolute atomic E-state index is 0.0297. The molecule has 1 aliphatic carbocycles. The topological polar surface area (TPSA) is 95.9 Å². The molecule has 0 atom stereocenters. The predicted molar refractivity (Wildman–Crippen MR) is 108 cm³/mol. The molecule has 0 bridgehead atoms. The van der Waals surface area contributed by atoms with E-state index < -0.39 is 17.8 Å². The lowest BCUT2D eigenvalue weighted by Crippen LogP contribution is -2.18. The van der Waals surface area contributed by atoms with Gasteiger partial charge in [0.15, 0.2) is 5.75 Å². The van der Waals surface area contributed by atoms with Gasteiger partial charge in [-0.05, 0) is 40.8 Å². The van der Waals surface area contributed by atoms with Crippen LogP contribution in [0.25, 0.3) is 11.1 Å². The van der Waals surface area contributed by atoms with Gasteiger partial charge < -0.3 is 14.9 Å². The fourth-order valence-corrected chi connectivity index (χ4v) is 3.76. The molecular weight excluding hydrogens is 370 g/mol. The Morgan fingerprint density at radius 2 is 1.55 bits per heavy atom. The molecule has 0 aliphatic heterocycles. The number of carbonyl (C=O) groups excluding carboxylic acids is 1. The number of amides is 1. The lowest BCUT2D eigenvalue weighted by atomic mass is 9.98. The number of carbonyl (C=O) groups is 2. The zero-order chi connectivity index (χ0) is 20.5. The Bertz CT molecular complexity index is 1080. The van der Waals surface area contributed by atoms with E-state index in [4.69, 9.17) is 9.84 Å². The van der Waals surface area contributed by atoms with Crippen LogP contribution in [0.15, 0.2) is 60.7 Å². The summed E-state index contributed by atoms with van der Waals surface area (Å²) in [5, 5.41) is 21.8. The average molecular weight is 389 g/mol. The number of rotatable bonds is 4. The largest absolute Gasteiger partial charge is 0.505 e. The van der Waals surface area contributed by atoms with E-state index >= 15 is 0 Å². The van der Waals surface area contributed by atoms with Gasteiger partial charge in [0.1, 0.15) is 12.2 Å². The number of hydrogen-bond acceptors (Lipinski definition) is 4. The highest BCUT2D eigenvalue weighted by atomic mass is 16.5. The Morgan fingerprint density at radius 1 is 0.966 bits per heavy atom. The van der Waals surface area contributed by atoms with Crippen molar-refractivity contribution in [3.63, 3.8) is 0 Å². The summed E-state index contributed by atoms with van der Waals surface area (Å²) in [6, 6.07) is 18.8. The first-order valence-corrected chi connectivity index (χ1v) is 9.15. The van der Waals surface area contributed by atoms with Gasteiger partial charge in [-0.2, -0.15) is 0 Å². The van der Waals surface area contributed by atoms with Gasteiger partial charge >= 0.3 is 12.1 Å². The number of nitrogens with one attached hydrogen (secondary N) is 1. The summed E-state index contributed by atoms with van der Waals surface area (Å²) in [5.74, 6) is -1.86. The average Bonchev–Trinajstić information content (AvgIpc) is 3.03. The number of aromatic carboxylic acids is 1. The van der Waals surface area contributed by atoms with E-state index in [9.17, 15) is 14.7 Å². The van der Waals surface area contributed by atoms with Crippen molar-refractivity contribution in [2.24, 2.45) is 0 Å². The molecule has 0 heterocycles. The number of carboxylic acids is 1. The SMILES string of the molecule is Cc1ccc(C(=O)O)c(O)c1NC(=O)OCC1c2ccccc2-c2ccccc21. The third-order valence-corrected chi connectivity index (χ3v) is 5.19. The third-order valence-electron chi connectivity index (χ3n) is 5.19. The second kappa shape index (κ2) is 7.31. The lowest BCUT2D eigenvalue weighted by molar-refractivity contribution is 0.0693. The Balaban J connectivity index is 1.53. The van der Waals surface area contributed by atoms with Crippen LogP contribution >= 0.6 is 0 Å². The van der Waals surface area contributed by atoms with E-state index in [2.05, 4.69) is 5.32 Å². The second-order valence-electron chi connectivity index (χ2n) is 6.91. The van der Waals surface area contributed by atoms with Crippen LogP contribution < -0.4 is 5.32 Å². The molecular formula is C23H19NO5. The molecule has 4 rings (SSSR count). The summed E-state index contributed by atoms with van der Waals surface area (Å²) in [6.07, 6.45) is -0.757. The Kier molecular flexibility index (Phi) is 4.68. The number of anilines is 1. The maximum absolute atomic E-state index is 12.4. The highest BCUT2D eigenvalue weighted by molar-refractivity contribution is 5.97.